The lowest BCUT2D eigenvalue weighted by molar-refractivity contribution is -0.143. The fourth-order valence-electron chi connectivity index (χ4n) is 2.16. The molecule has 7 nitrogen and oxygen atoms in total. The first-order valence-electron chi connectivity index (χ1n) is 8.63. The van der Waals surface area contributed by atoms with E-state index >= 15 is 0 Å². The SMILES string of the molecule is CCNC(=NCCCC(=O)OCC)NCCCOC1CCOC1. The Labute approximate surface area is 139 Å². The van der Waals surface area contributed by atoms with Gasteiger partial charge in [-0.05, 0) is 33.1 Å². The van der Waals surface area contributed by atoms with Crippen molar-refractivity contribution in [1.29, 1.82) is 0 Å². The number of ether oxygens (including phenoxy) is 3. The van der Waals surface area contributed by atoms with Gasteiger partial charge in [-0.15, -0.1) is 0 Å². The summed E-state index contributed by atoms with van der Waals surface area (Å²) in [5.41, 5.74) is 0. The molecule has 0 saturated carbocycles. The van der Waals surface area contributed by atoms with Gasteiger partial charge in [0.05, 0.1) is 19.3 Å². The Balaban J connectivity index is 2.09. The molecule has 1 heterocycles. The predicted octanol–water partition coefficient (Wildman–Crippen LogP) is 1.08. The molecule has 0 spiro atoms. The van der Waals surface area contributed by atoms with E-state index in [0.29, 0.717) is 26.0 Å². The van der Waals surface area contributed by atoms with Gasteiger partial charge in [0.1, 0.15) is 0 Å². The lowest BCUT2D eigenvalue weighted by Gasteiger charge is -2.12. The smallest absolute Gasteiger partial charge is 0.305 e. The van der Waals surface area contributed by atoms with Gasteiger partial charge in [-0.25, -0.2) is 0 Å². The molecule has 23 heavy (non-hydrogen) atoms. The zero-order chi connectivity index (χ0) is 16.8. The van der Waals surface area contributed by atoms with Crippen LogP contribution >= 0.6 is 0 Å². The third-order valence-corrected chi connectivity index (χ3v) is 3.31. The summed E-state index contributed by atoms with van der Waals surface area (Å²) in [6.45, 7) is 8.74. The first-order valence-corrected chi connectivity index (χ1v) is 8.63. The molecule has 0 aromatic carbocycles. The van der Waals surface area contributed by atoms with E-state index in [1.54, 1.807) is 0 Å². The fraction of sp³-hybridized carbons (Fsp3) is 0.875. The molecule has 1 unspecified atom stereocenters. The molecule has 1 fully saturated rings. The zero-order valence-electron chi connectivity index (χ0n) is 14.4. The average Bonchev–Trinajstić information content (AvgIpc) is 3.04. The maximum absolute atomic E-state index is 11.2. The summed E-state index contributed by atoms with van der Waals surface area (Å²) in [6, 6.07) is 0. The highest BCUT2D eigenvalue weighted by Crippen LogP contribution is 2.07. The first kappa shape index (κ1) is 19.7. The van der Waals surface area contributed by atoms with E-state index in [1.165, 1.54) is 0 Å². The van der Waals surface area contributed by atoms with Crippen LogP contribution in [0.5, 0.6) is 0 Å². The summed E-state index contributed by atoms with van der Waals surface area (Å²) in [5, 5.41) is 6.46. The van der Waals surface area contributed by atoms with E-state index in [1.807, 2.05) is 13.8 Å². The number of nitrogens with one attached hydrogen (secondary N) is 2. The molecule has 134 valence electrons. The van der Waals surface area contributed by atoms with Crippen molar-refractivity contribution in [3.05, 3.63) is 0 Å². The van der Waals surface area contributed by atoms with Crippen molar-refractivity contribution in [2.45, 2.75) is 45.6 Å². The van der Waals surface area contributed by atoms with Gasteiger partial charge < -0.3 is 24.8 Å². The Hall–Kier alpha value is -1.34. The number of aliphatic imine (C=N–C) groups is 1. The number of rotatable bonds is 11. The highest BCUT2D eigenvalue weighted by molar-refractivity contribution is 5.79. The Morgan fingerprint density at radius 2 is 2.17 bits per heavy atom. The molecule has 0 radical (unpaired) electrons. The zero-order valence-corrected chi connectivity index (χ0v) is 14.4. The summed E-state index contributed by atoms with van der Waals surface area (Å²) in [7, 11) is 0. The fourth-order valence-corrected chi connectivity index (χ4v) is 2.16. The summed E-state index contributed by atoms with van der Waals surface area (Å²) >= 11 is 0. The molecular weight excluding hydrogens is 298 g/mol. The monoisotopic (exact) mass is 329 g/mol. The minimum absolute atomic E-state index is 0.159. The van der Waals surface area contributed by atoms with Crippen molar-refractivity contribution in [1.82, 2.24) is 10.6 Å². The van der Waals surface area contributed by atoms with Crippen molar-refractivity contribution in [3.8, 4) is 0 Å². The molecule has 7 heteroatoms. The van der Waals surface area contributed by atoms with Crippen molar-refractivity contribution < 1.29 is 19.0 Å². The molecule has 1 rings (SSSR count). The summed E-state index contributed by atoms with van der Waals surface area (Å²) in [6.07, 6.45) is 3.29. The van der Waals surface area contributed by atoms with Crippen LogP contribution in [0.3, 0.4) is 0 Å². The van der Waals surface area contributed by atoms with E-state index in [-0.39, 0.29) is 12.1 Å². The van der Waals surface area contributed by atoms with Gasteiger partial charge in [-0.2, -0.15) is 0 Å². The number of carbonyl (C=O) groups is 1. The van der Waals surface area contributed by atoms with Crippen LogP contribution in [0, 0.1) is 0 Å². The number of carbonyl (C=O) groups excluding carboxylic acids is 1. The maximum atomic E-state index is 11.2. The van der Waals surface area contributed by atoms with Crippen LogP contribution in [0.4, 0.5) is 0 Å². The van der Waals surface area contributed by atoms with E-state index < -0.39 is 0 Å². The van der Waals surface area contributed by atoms with Crippen LogP contribution < -0.4 is 10.6 Å². The Bertz CT molecular complexity index is 344. The van der Waals surface area contributed by atoms with Gasteiger partial charge in [0.15, 0.2) is 5.96 Å². The number of hydrogen-bond acceptors (Lipinski definition) is 5. The molecule has 1 aliphatic heterocycles. The molecule has 1 atom stereocenters. The summed E-state index contributed by atoms with van der Waals surface area (Å²) in [4.78, 5) is 15.7. The largest absolute Gasteiger partial charge is 0.466 e. The topological polar surface area (TPSA) is 81.2 Å². The standard InChI is InChI=1S/C16H31N3O4/c1-3-17-16(18-9-5-7-15(20)22-4-2)19-10-6-11-23-14-8-12-21-13-14/h14H,3-13H2,1-2H3,(H2,17,18,19). The Morgan fingerprint density at radius 1 is 1.30 bits per heavy atom. The lowest BCUT2D eigenvalue weighted by Crippen LogP contribution is -2.38. The van der Waals surface area contributed by atoms with E-state index in [2.05, 4.69) is 15.6 Å². The number of nitrogens with zero attached hydrogens (tertiary/aromatic N) is 1. The molecule has 2 N–H and O–H groups in total. The van der Waals surface area contributed by atoms with Gasteiger partial charge >= 0.3 is 5.97 Å². The molecule has 0 aromatic heterocycles. The van der Waals surface area contributed by atoms with E-state index in [4.69, 9.17) is 14.2 Å². The third kappa shape index (κ3) is 10.1. The van der Waals surface area contributed by atoms with Gasteiger partial charge in [0, 0.05) is 39.3 Å². The van der Waals surface area contributed by atoms with Gasteiger partial charge in [-0.3, -0.25) is 9.79 Å². The Kier molecular flexibility index (Phi) is 11.3. The molecular formula is C16H31N3O4. The third-order valence-electron chi connectivity index (χ3n) is 3.31. The van der Waals surface area contributed by atoms with Crippen LogP contribution in [-0.2, 0) is 19.0 Å². The highest BCUT2D eigenvalue weighted by atomic mass is 16.5. The molecule has 0 amide bonds. The van der Waals surface area contributed by atoms with Crippen LogP contribution in [0.25, 0.3) is 0 Å². The van der Waals surface area contributed by atoms with Gasteiger partial charge in [-0.1, -0.05) is 0 Å². The van der Waals surface area contributed by atoms with Crippen LogP contribution in [0.2, 0.25) is 0 Å². The molecule has 0 bridgehead atoms. The molecule has 1 aliphatic rings. The molecule has 0 aromatic rings. The van der Waals surface area contributed by atoms with Gasteiger partial charge in [0.2, 0.25) is 0 Å². The van der Waals surface area contributed by atoms with Crippen molar-refractivity contribution in [2.24, 2.45) is 4.99 Å². The quantitative estimate of drug-likeness (QED) is 0.255. The van der Waals surface area contributed by atoms with Crippen LogP contribution in [0.15, 0.2) is 4.99 Å². The van der Waals surface area contributed by atoms with Crippen LogP contribution in [0.1, 0.15) is 39.5 Å². The van der Waals surface area contributed by atoms with E-state index in [9.17, 15) is 4.79 Å². The highest BCUT2D eigenvalue weighted by Gasteiger charge is 2.15. The Morgan fingerprint density at radius 3 is 2.87 bits per heavy atom. The number of hydrogen-bond donors (Lipinski definition) is 2. The normalized spacial score (nSPS) is 18.0. The summed E-state index contributed by atoms with van der Waals surface area (Å²) in [5.74, 6) is 0.620. The first-order chi connectivity index (χ1) is 11.3. The second kappa shape index (κ2) is 13.1. The van der Waals surface area contributed by atoms with E-state index in [0.717, 1.165) is 51.7 Å². The summed E-state index contributed by atoms with van der Waals surface area (Å²) < 4.78 is 15.9. The van der Waals surface area contributed by atoms with Crippen molar-refractivity contribution in [3.63, 3.8) is 0 Å². The van der Waals surface area contributed by atoms with Crippen molar-refractivity contribution in [2.75, 3.05) is 46.1 Å². The second-order valence-electron chi connectivity index (χ2n) is 5.31. The average molecular weight is 329 g/mol. The minimum atomic E-state index is -0.159. The number of esters is 1. The second-order valence-corrected chi connectivity index (χ2v) is 5.31. The lowest BCUT2D eigenvalue weighted by atomic mass is 10.3. The van der Waals surface area contributed by atoms with Crippen molar-refractivity contribution >= 4 is 11.9 Å². The van der Waals surface area contributed by atoms with Crippen LogP contribution in [-0.4, -0.2) is 64.1 Å². The number of guanidine groups is 1. The minimum Gasteiger partial charge on any atom is -0.466 e. The molecule has 0 aliphatic carbocycles. The maximum Gasteiger partial charge on any atom is 0.305 e. The molecule has 1 saturated heterocycles. The van der Waals surface area contributed by atoms with Gasteiger partial charge in [0.25, 0.3) is 0 Å². The predicted molar refractivity (Wildman–Crippen MR) is 89.6 cm³/mol.